The summed E-state index contributed by atoms with van der Waals surface area (Å²) in [6, 6.07) is 0. The molecule has 0 aliphatic rings. The molecule has 0 saturated heterocycles. The highest BCUT2D eigenvalue weighted by atomic mass is 16.6. The van der Waals surface area contributed by atoms with Gasteiger partial charge in [-0.2, -0.15) is 0 Å². The first-order valence-electron chi connectivity index (χ1n) is 22.4. The Bertz CT molecular complexity index is 1070. The van der Waals surface area contributed by atoms with E-state index in [1.54, 1.807) is 0 Å². The summed E-state index contributed by atoms with van der Waals surface area (Å²) in [5.74, 6) is -1.02. The molecule has 55 heavy (non-hydrogen) atoms. The standard InChI is InChI=1S/C49H82O6/c1-4-7-10-13-16-19-22-24-27-30-33-36-39-42-48(51)54-45-46(44-53-47(50)41-38-35-32-29-26-21-18-15-12-9-6-3)55-49(52)43-40-37-34-31-28-25-23-20-17-14-11-8-5-2/h7,10,15-16,18-20,23-24,27,33,36,46H,4-6,8-9,11-14,17,21-22,25-26,28-32,34-35,37-45H2,1-3H3/b10-7-,18-15-,19-16-,23-20-,27-24-,36-33-. The van der Waals surface area contributed by atoms with Crippen molar-refractivity contribution in [3.8, 4) is 0 Å². The van der Waals surface area contributed by atoms with Gasteiger partial charge in [-0.15, -0.1) is 0 Å². The van der Waals surface area contributed by atoms with E-state index in [9.17, 15) is 14.4 Å². The van der Waals surface area contributed by atoms with Crippen molar-refractivity contribution in [3.63, 3.8) is 0 Å². The lowest BCUT2D eigenvalue weighted by Gasteiger charge is -2.18. The predicted octanol–water partition coefficient (Wildman–Crippen LogP) is 14.3. The topological polar surface area (TPSA) is 78.9 Å². The largest absolute Gasteiger partial charge is 0.462 e. The van der Waals surface area contributed by atoms with Crippen LogP contribution in [0.2, 0.25) is 0 Å². The Balaban J connectivity index is 4.51. The number of unbranched alkanes of at least 4 members (excludes halogenated alkanes) is 16. The lowest BCUT2D eigenvalue weighted by Crippen LogP contribution is -2.30. The molecule has 0 aromatic rings. The first kappa shape index (κ1) is 51.9. The van der Waals surface area contributed by atoms with Crippen LogP contribution in [0.3, 0.4) is 0 Å². The molecule has 0 radical (unpaired) electrons. The molecule has 6 nitrogen and oxygen atoms in total. The summed E-state index contributed by atoms with van der Waals surface area (Å²) >= 11 is 0. The van der Waals surface area contributed by atoms with Gasteiger partial charge in [0, 0.05) is 19.3 Å². The minimum absolute atomic E-state index is 0.106. The van der Waals surface area contributed by atoms with Crippen LogP contribution in [0.1, 0.15) is 201 Å². The summed E-state index contributed by atoms with van der Waals surface area (Å²) in [5.41, 5.74) is 0. The maximum Gasteiger partial charge on any atom is 0.306 e. The number of carbonyl (C=O) groups excluding carboxylic acids is 3. The van der Waals surface area contributed by atoms with Crippen molar-refractivity contribution < 1.29 is 28.6 Å². The van der Waals surface area contributed by atoms with Gasteiger partial charge in [-0.1, -0.05) is 164 Å². The quantitative estimate of drug-likeness (QED) is 0.0268. The van der Waals surface area contributed by atoms with Crippen molar-refractivity contribution in [2.24, 2.45) is 0 Å². The number of rotatable bonds is 39. The lowest BCUT2D eigenvalue weighted by molar-refractivity contribution is -0.166. The maximum absolute atomic E-state index is 12.7. The van der Waals surface area contributed by atoms with E-state index in [0.29, 0.717) is 19.3 Å². The zero-order chi connectivity index (χ0) is 40.1. The first-order valence-corrected chi connectivity index (χ1v) is 22.4. The highest BCUT2D eigenvalue weighted by Gasteiger charge is 2.19. The van der Waals surface area contributed by atoms with E-state index in [4.69, 9.17) is 14.2 Å². The van der Waals surface area contributed by atoms with Crippen molar-refractivity contribution in [2.45, 2.75) is 207 Å². The van der Waals surface area contributed by atoms with Gasteiger partial charge in [0.25, 0.3) is 0 Å². The molecule has 0 bridgehead atoms. The highest BCUT2D eigenvalue weighted by Crippen LogP contribution is 2.12. The van der Waals surface area contributed by atoms with Gasteiger partial charge in [-0.3, -0.25) is 14.4 Å². The number of esters is 3. The molecule has 0 aromatic heterocycles. The van der Waals surface area contributed by atoms with E-state index in [2.05, 4.69) is 81.5 Å². The lowest BCUT2D eigenvalue weighted by atomic mass is 10.1. The van der Waals surface area contributed by atoms with E-state index in [1.807, 2.05) is 12.2 Å². The SMILES string of the molecule is CC/C=C\C/C=C\C/C=C\C/C=C\CCC(=O)OCC(COC(=O)CCCCCCC/C=C\CCCC)OC(=O)CCCCCCC/C=C\CCCCCC. The molecule has 0 spiro atoms. The molecule has 0 aliphatic carbocycles. The molecule has 1 atom stereocenters. The molecule has 1 unspecified atom stereocenters. The smallest absolute Gasteiger partial charge is 0.306 e. The van der Waals surface area contributed by atoms with Gasteiger partial charge >= 0.3 is 17.9 Å². The summed E-state index contributed by atoms with van der Waals surface area (Å²) in [4.78, 5) is 37.7. The Kier molecular flexibility index (Phi) is 41.1. The number of hydrogen-bond donors (Lipinski definition) is 0. The van der Waals surface area contributed by atoms with Gasteiger partial charge < -0.3 is 14.2 Å². The van der Waals surface area contributed by atoms with Crippen LogP contribution in [0.4, 0.5) is 0 Å². The van der Waals surface area contributed by atoms with Crippen LogP contribution < -0.4 is 0 Å². The zero-order valence-corrected chi connectivity index (χ0v) is 35.7. The third kappa shape index (κ3) is 41.8. The molecule has 0 rings (SSSR count). The minimum Gasteiger partial charge on any atom is -0.462 e. The summed E-state index contributed by atoms with van der Waals surface area (Å²) < 4.78 is 16.6. The fourth-order valence-corrected chi connectivity index (χ4v) is 5.78. The number of allylic oxidation sites excluding steroid dienone is 12. The molecule has 0 saturated carbocycles. The average molecular weight is 767 g/mol. The first-order chi connectivity index (χ1) is 27.0. The third-order valence-corrected chi connectivity index (χ3v) is 9.18. The van der Waals surface area contributed by atoms with Gasteiger partial charge in [0.1, 0.15) is 13.2 Å². The van der Waals surface area contributed by atoms with Crippen molar-refractivity contribution in [2.75, 3.05) is 13.2 Å². The molecular formula is C49H82O6. The molecule has 0 aliphatic heterocycles. The highest BCUT2D eigenvalue weighted by molar-refractivity contribution is 5.71. The molecule has 0 N–H and O–H groups in total. The Morgan fingerprint density at radius 3 is 1.27 bits per heavy atom. The maximum atomic E-state index is 12.7. The van der Waals surface area contributed by atoms with Gasteiger partial charge in [0.15, 0.2) is 6.10 Å². The Morgan fingerprint density at radius 2 is 0.764 bits per heavy atom. The second-order valence-electron chi connectivity index (χ2n) is 14.6. The second-order valence-corrected chi connectivity index (χ2v) is 14.6. The molecule has 0 fully saturated rings. The normalized spacial score (nSPS) is 12.7. The van der Waals surface area contributed by atoms with E-state index in [0.717, 1.165) is 89.9 Å². The number of hydrogen-bond acceptors (Lipinski definition) is 6. The van der Waals surface area contributed by atoms with E-state index < -0.39 is 6.10 Å². The Labute approximate surface area is 338 Å². The Morgan fingerprint density at radius 1 is 0.382 bits per heavy atom. The van der Waals surface area contributed by atoms with Crippen LogP contribution in [0.15, 0.2) is 72.9 Å². The second kappa shape index (κ2) is 43.6. The van der Waals surface area contributed by atoms with Crippen molar-refractivity contribution >= 4 is 17.9 Å². The van der Waals surface area contributed by atoms with Crippen LogP contribution in [-0.4, -0.2) is 37.2 Å². The summed E-state index contributed by atoms with van der Waals surface area (Å²) in [6.07, 6.45) is 53.2. The van der Waals surface area contributed by atoms with Crippen molar-refractivity contribution in [1.82, 2.24) is 0 Å². The van der Waals surface area contributed by atoms with Crippen LogP contribution in [0.5, 0.6) is 0 Å². The van der Waals surface area contributed by atoms with Crippen molar-refractivity contribution in [3.05, 3.63) is 72.9 Å². The molecule has 0 aromatic carbocycles. The van der Waals surface area contributed by atoms with Gasteiger partial charge in [-0.25, -0.2) is 0 Å². The third-order valence-electron chi connectivity index (χ3n) is 9.18. The van der Waals surface area contributed by atoms with Crippen LogP contribution >= 0.6 is 0 Å². The molecule has 0 heterocycles. The molecule has 0 amide bonds. The fraction of sp³-hybridized carbons (Fsp3) is 0.694. The summed E-state index contributed by atoms with van der Waals surface area (Å²) in [5, 5.41) is 0. The van der Waals surface area contributed by atoms with E-state index >= 15 is 0 Å². The fourth-order valence-electron chi connectivity index (χ4n) is 5.78. The Hall–Kier alpha value is -3.15. The van der Waals surface area contributed by atoms with Crippen LogP contribution in [0.25, 0.3) is 0 Å². The molecule has 314 valence electrons. The minimum atomic E-state index is -0.808. The number of carbonyl (C=O) groups is 3. The van der Waals surface area contributed by atoms with Gasteiger partial charge in [-0.05, 0) is 89.9 Å². The van der Waals surface area contributed by atoms with E-state index in [1.165, 1.54) is 64.2 Å². The predicted molar refractivity (Wildman–Crippen MR) is 233 cm³/mol. The summed E-state index contributed by atoms with van der Waals surface area (Å²) in [6.45, 7) is 6.36. The average Bonchev–Trinajstić information content (AvgIpc) is 3.18. The van der Waals surface area contributed by atoms with Gasteiger partial charge in [0.05, 0.1) is 0 Å². The zero-order valence-electron chi connectivity index (χ0n) is 35.7. The van der Waals surface area contributed by atoms with Crippen molar-refractivity contribution in [1.29, 1.82) is 0 Å². The van der Waals surface area contributed by atoms with Crippen LogP contribution in [-0.2, 0) is 28.6 Å². The van der Waals surface area contributed by atoms with E-state index in [-0.39, 0.29) is 37.5 Å². The van der Waals surface area contributed by atoms with Gasteiger partial charge in [0.2, 0.25) is 0 Å². The molecular weight excluding hydrogens is 685 g/mol. The molecule has 6 heteroatoms. The monoisotopic (exact) mass is 767 g/mol. The van der Waals surface area contributed by atoms with Crippen LogP contribution in [0, 0.1) is 0 Å². The number of ether oxygens (including phenoxy) is 3. The summed E-state index contributed by atoms with van der Waals surface area (Å²) in [7, 11) is 0.